The zero-order valence-corrected chi connectivity index (χ0v) is 11.2. The Labute approximate surface area is 118 Å². The van der Waals surface area contributed by atoms with Gasteiger partial charge in [-0.15, -0.1) is 0 Å². The largest absolute Gasteiger partial charge is 0.399 e. The second kappa shape index (κ2) is 4.96. The van der Waals surface area contributed by atoms with Crippen LogP contribution in [-0.2, 0) is 5.41 Å². The molecular weight excluding hydrogens is 250 g/mol. The zero-order valence-electron chi connectivity index (χ0n) is 11.2. The summed E-state index contributed by atoms with van der Waals surface area (Å²) in [6.45, 7) is 0.655. The van der Waals surface area contributed by atoms with Crippen molar-refractivity contribution in [3.63, 3.8) is 0 Å². The first-order valence-corrected chi connectivity index (χ1v) is 6.74. The monoisotopic (exact) mass is 267 g/mol. The van der Waals surface area contributed by atoms with Gasteiger partial charge in [-0.3, -0.25) is 9.78 Å². The molecule has 4 heteroatoms. The van der Waals surface area contributed by atoms with Crippen LogP contribution in [0.1, 0.15) is 28.8 Å². The Balaban J connectivity index is 1.65. The number of nitrogens with zero attached hydrogens (tertiary/aromatic N) is 1. The van der Waals surface area contributed by atoms with E-state index in [2.05, 4.69) is 16.4 Å². The van der Waals surface area contributed by atoms with E-state index in [0.29, 0.717) is 17.8 Å². The fraction of sp³-hybridized carbons (Fsp3) is 0.250. The first-order chi connectivity index (χ1) is 9.70. The Morgan fingerprint density at radius 2 is 2.00 bits per heavy atom. The average molecular weight is 267 g/mol. The maximum absolute atomic E-state index is 12.1. The first kappa shape index (κ1) is 12.7. The van der Waals surface area contributed by atoms with E-state index in [1.807, 2.05) is 12.3 Å². The molecule has 20 heavy (non-hydrogen) atoms. The summed E-state index contributed by atoms with van der Waals surface area (Å²) in [6, 6.07) is 11.0. The molecule has 1 saturated carbocycles. The van der Waals surface area contributed by atoms with Crippen molar-refractivity contribution in [1.29, 1.82) is 0 Å². The Hall–Kier alpha value is -2.36. The van der Waals surface area contributed by atoms with Gasteiger partial charge in [0.05, 0.1) is 0 Å². The number of aromatic nitrogens is 1. The molecule has 1 fully saturated rings. The molecule has 0 radical (unpaired) electrons. The number of anilines is 1. The minimum absolute atomic E-state index is 0.0554. The molecule has 1 aromatic carbocycles. The lowest BCUT2D eigenvalue weighted by molar-refractivity contribution is 0.0949. The van der Waals surface area contributed by atoms with Crippen LogP contribution in [0, 0.1) is 0 Å². The van der Waals surface area contributed by atoms with E-state index in [1.165, 1.54) is 5.56 Å². The molecule has 2 aromatic rings. The lowest BCUT2D eigenvalue weighted by Gasteiger charge is -2.16. The minimum atomic E-state index is -0.0554. The molecule has 3 N–H and O–H groups in total. The summed E-state index contributed by atoms with van der Waals surface area (Å²) in [5.41, 5.74) is 8.21. The summed E-state index contributed by atoms with van der Waals surface area (Å²) in [5.74, 6) is -0.0554. The number of rotatable bonds is 4. The van der Waals surface area contributed by atoms with Crippen LogP contribution in [0.3, 0.4) is 0 Å². The van der Waals surface area contributed by atoms with E-state index >= 15 is 0 Å². The molecular formula is C16H17N3O. The van der Waals surface area contributed by atoms with E-state index < -0.39 is 0 Å². The smallest absolute Gasteiger partial charge is 0.251 e. The van der Waals surface area contributed by atoms with Gasteiger partial charge in [-0.25, -0.2) is 0 Å². The Morgan fingerprint density at radius 3 is 2.60 bits per heavy atom. The predicted molar refractivity (Wildman–Crippen MR) is 78.3 cm³/mol. The number of nitrogens with one attached hydrogen (secondary N) is 1. The fourth-order valence-corrected chi connectivity index (χ4v) is 2.38. The third-order valence-corrected chi connectivity index (χ3v) is 3.89. The summed E-state index contributed by atoms with van der Waals surface area (Å²) in [6.07, 6.45) is 5.86. The number of hydrogen-bond acceptors (Lipinski definition) is 3. The van der Waals surface area contributed by atoms with Crippen LogP contribution < -0.4 is 11.1 Å². The molecule has 0 unspecified atom stereocenters. The third-order valence-electron chi connectivity index (χ3n) is 3.89. The molecule has 0 atom stereocenters. The van der Waals surface area contributed by atoms with Gasteiger partial charge in [0.15, 0.2) is 0 Å². The molecule has 0 aliphatic heterocycles. The number of amides is 1. The zero-order chi connectivity index (χ0) is 14.0. The molecule has 0 spiro atoms. The molecule has 0 saturated heterocycles. The highest BCUT2D eigenvalue weighted by molar-refractivity contribution is 5.94. The fourth-order valence-electron chi connectivity index (χ4n) is 2.38. The van der Waals surface area contributed by atoms with Crippen molar-refractivity contribution in [3.05, 3.63) is 59.9 Å². The van der Waals surface area contributed by atoms with E-state index in [9.17, 15) is 4.79 Å². The van der Waals surface area contributed by atoms with Gasteiger partial charge in [0.1, 0.15) is 0 Å². The highest BCUT2D eigenvalue weighted by atomic mass is 16.1. The van der Waals surface area contributed by atoms with Gasteiger partial charge >= 0.3 is 0 Å². The average Bonchev–Trinajstić information content (AvgIpc) is 3.28. The van der Waals surface area contributed by atoms with Gasteiger partial charge in [-0.05, 0) is 48.7 Å². The summed E-state index contributed by atoms with van der Waals surface area (Å²) in [4.78, 5) is 16.3. The van der Waals surface area contributed by atoms with Crippen molar-refractivity contribution in [2.45, 2.75) is 18.3 Å². The Kier molecular flexibility index (Phi) is 3.14. The number of nitrogens with two attached hydrogens (primary N) is 1. The summed E-state index contributed by atoms with van der Waals surface area (Å²) >= 11 is 0. The number of benzene rings is 1. The topological polar surface area (TPSA) is 68.0 Å². The van der Waals surface area contributed by atoms with Crippen LogP contribution in [0.15, 0.2) is 48.8 Å². The number of carbonyl (C=O) groups excluding carboxylic acids is 1. The molecule has 1 heterocycles. The van der Waals surface area contributed by atoms with Crippen LogP contribution in [-0.4, -0.2) is 17.4 Å². The predicted octanol–water partition coefficient (Wildman–Crippen LogP) is 2.13. The first-order valence-electron chi connectivity index (χ1n) is 6.74. The second-order valence-corrected chi connectivity index (χ2v) is 5.33. The SMILES string of the molecule is Nc1ccc(C(=O)NCC2(c3cccnc3)CC2)cc1. The Morgan fingerprint density at radius 1 is 1.25 bits per heavy atom. The number of nitrogen functional groups attached to an aromatic ring is 1. The quantitative estimate of drug-likeness (QED) is 0.834. The molecule has 1 amide bonds. The lowest BCUT2D eigenvalue weighted by atomic mass is 9.97. The lowest BCUT2D eigenvalue weighted by Crippen LogP contribution is -2.32. The second-order valence-electron chi connectivity index (χ2n) is 5.33. The van der Waals surface area contributed by atoms with Crippen molar-refractivity contribution < 1.29 is 4.79 Å². The van der Waals surface area contributed by atoms with E-state index in [0.717, 1.165) is 12.8 Å². The van der Waals surface area contributed by atoms with Gasteiger partial charge < -0.3 is 11.1 Å². The van der Waals surface area contributed by atoms with E-state index in [-0.39, 0.29) is 11.3 Å². The third kappa shape index (κ3) is 2.50. The van der Waals surface area contributed by atoms with Crippen molar-refractivity contribution in [1.82, 2.24) is 10.3 Å². The van der Waals surface area contributed by atoms with Crippen molar-refractivity contribution in [2.24, 2.45) is 0 Å². The standard InChI is InChI=1S/C16H17N3O/c17-14-5-3-12(4-6-14)15(20)19-11-16(7-8-16)13-2-1-9-18-10-13/h1-6,9-10H,7-8,11,17H2,(H,19,20). The number of carbonyl (C=O) groups is 1. The van der Waals surface area contributed by atoms with Gasteiger partial charge in [0.2, 0.25) is 0 Å². The Bertz CT molecular complexity index is 603. The molecule has 102 valence electrons. The minimum Gasteiger partial charge on any atom is -0.399 e. The van der Waals surface area contributed by atoms with Gasteiger partial charge in [-0.1, -0.05) is 6.07 Å². The summed E-state index contributed by atoms with van der Waals surface area (Å²) in [5, 5.41) is 3.01. The van der Waals surface area contributed by atoms with Gasteiger partial charge in [0.25, 0.3) is 5.91 Å². The maximum atomic E-state index is 12.1. The molecule has 4 nitrogen and oxygen atoms in total. The highest BCUT2D eigenvalue weighted by Gasteiger charge is 2.44. The van der Waals surface area contributed by atoms with Crippen LogP contribution in [0.4, 0.5) is 5.69 Å². The van der Waals surface area contributed by atoms with Crippen LogP contribution >= 0.6 is 0 Å². The van der Waals surface area contributed by atoms with E-state index in [4.69, 9.17) is 5.73 Å². The summed E-state index contributed by atoms with van der Waals surface area (Å²) in [7, 11) is 0. The molecule has 3 rings (SSSR count). The summed E-state index contributed by atoms with van der Waals surface area (Å²) < 4.78 is 0. The van der Waals surface area contributed by atoms with Gasteiger partial charge in [-0.2, -0.15) is 0 Å². The van der Waals surface area contributed by atoms with Crippen LogP contribution in [0.2, 0.25) is 0 Å². The normalized spacial score (nSPS) is 15.6. The molecule has 1 aromatic heterocycles. The number of pyridine rings is 1. The van der Waals surface area contributed by atoms with Gasteiger partial charge in [0, 0.05) is 35.6 Å². The number of hydrogen-bond donors (Lipinski definition) is 2. The van der Waals surface area contributed by atoms with Crippen molar-refractivity contribution in [2.75, 3.05) is 12.3 Å². The van der Waals surface area contributed by atoms with Crippen molar-refractivity contribution >= 4 is 11.6 Å². The maximum Gasteiger partial charge on any atom is 0.251 e. The van der Waals surface area contributed by atoms with Crippen LogP contribution in [0.5, 0.6) is 0 Å². The van der Waals surface area contributed by atoms with E-state index in [1.54, 1.807) is 30.5 Å². The highest BCUT2D eigenvalue weighted by Crippen LogP contribution is 2.47. The van der Waals surface area contributed by atoms with Crippen LogP contribution in [0.25, 0.3) is 0 Å². The molecule has 1 aliphatic carbocycles. The molecule has 1 aliphatic rings. The molecule has 0 bridgehead atoms. The van der Waals surface area contributed by atoms with Crippen molar-refractivity contribution in [3.8, 4) is 0 Å².